The Morgan fingerprint density at radius 2 is 1.61 bits per heavy atom. The van der Waals surface area contributed by atoms with Crippen molar-refractivity contribution < 1.29 is 17.9 Å². The van der Waals surface area contributed by atoms with Crippen LogP contribution in [0.2, 0.25) is 0 Å². The van der Waals surface area contributed by atoms with Crippen molar-refractivity contribution >= 4 is 15.7 Å². The van der Waals surface area contributed by atoms with Gasteiger partial charge in [-0.05, 0) is 50.6 Å². The lowest BCUT2D eigenvalue weighted by Gasteiger charge is -2.15. The van der Waals surface area contributed by atoms with Crippen molar-refractivity contribution in [1.29, 1.82) is 0 Å². The summed E-state index contributed by atoms with van der Waals surface area (Å²) >= 11 is 0. The number of nitrogens with one attached hydrogen (secondary N) is 1. The summed E-state index contributed by atoms with van der Waals surface area (Å²) in [5.74, 6) is 0.831. The van der Waals surface area contributed by atoms with Crippen LogP contribution in [0.25, 0.3) is 0 Å². The summed E-state index contributed by atoms with van der Waals surface area (Å²) < 4.78 is 38.9. The minimum atomic E-state index is -3.78. The second-order valence-electron chi connectivity index (χ2n) is 4.92. The van der Waals surface area contributed by atoms with Crippen molar-refractivity contribution in [2.24, 2.45) is 0 Å². The van der Waals surface area contributed by atoms with E-state index >= 15 is 0 Å². The van der Waals surface area contributed by atoms with Crippen molar-refractivity contribution in [3.8, 4) is 11.5 Å². The Balaban J connectivity index is 2.40. The van der Waals surface area contributed by atoms with Gasteiger partial charge in [0.2, 0.25) is 0 Å². The lowest BCUT2D eigenvalue weighted by Crippen LogP contribution is -2.15. The van der Waals surface area contributed by atoms with E-state index in [4.69, 9.17) is 9.47 Å². The molecule has 0 aromatic heterocycles. The number of benzene rings is 2. The van der Waals surface area contributed by atoms with E-state index in [0.29, 0.717) is 30.4 Å². The highest BCUT2D eigenvalue weighted by Gasteiger charge is 2.21. The molecule has 0 saturated carbocycles. The van der Waals surface area contributed by atoms with Gasteiger partial charge in [-0.1, -0.05) is 18.2 Å². The average Bonchev–Trinajstić information content (AvgIpc) is 2.49. The third kappa shape index (κ3) is 4.16. The molecule has 5 nitrogen and oxygen atoms in total. The van der Waals surface area contributed by atoms with E-state index in [-0.39, 0.29) is 4.90 Å². The predicted octanol–water partition coefficient (Wildman–Crippen LogP) is 3.59. The van der Waals surface area contributed by atoms with Gasteiger partial charge in [0.1, 0.15) is 16.4 Å². The number of aryl methyl sites for hydroxylation is 1. The van der Waals surface area contributed by atoms with Crippen LogP contribution in [0.1, 0.15) is 19.4 Å². The van der Waals surface area contributed by atoms with E-state index in [9.17, 15) is 8.42 Å². The molecular weight excluding hydrogens is 314 g/mol. The second kappa shape index (κ2) is 7.37. The number of anilines is 1. The lowest BCUT2D eigenvalue weighted by molar-refractivity contribution is 0.331. The fourth-order valence-corrected chi connectivity index (χ4v) is 3.34. The molecule has 2 rings (SSSR count). The highest BCUT2D eigenvalue weighted by atomic mass is 32.2. The summed E-state index contributed by atoms with van der Waals surface area (Å²) in [6.45, 7) is 6.39. The summed E-state index contributed by atoms with van der Waals surface area (Å²) in [6.07, 6.45) is 0. The third-order valence-corrected chi connectivity index (χ3v) is 4.52. The zero-order chi connectivity index (χ0) is 16.9. The molecule has 1 N–H and O–H groups in total. The van der Waals surface area contributed by atoms with Gasteiger partial charge >= 0.3 is 0 Å². The highest BCUT2D eigenvalue weighted by molar-refractivity contribution is 7.92. The lowest BCUT2D eigenvalue weighted by atomic mass is 10.2. The molecule has 0 amide bonds. The molecule has 0 aliphatic heterocycles. The van der Waals surface area contributed by atoms with Crippen molar-refractivity contribution in [3.05, 3.63) is 48.0 Å². The molecule has 0 aliphatic carbocycles. The first kappa shape index (κ1) is 17.1. The van der Waals surface area contributed by atoms with E-state index in [0.717, 1.165) is 5.56 Å². The highest BCUT2D eigenvalue weighted by Crippen LogP contribution is 2.30. The molecule has 6 heteroatoms. The maximum atomic E-state index is 12.7. The van der Waals surface area contributed by atoms with Gasteiger partial charge in [-0.25, -0.2) is 8.42 Å². The zero-order valence-corrected chi connectivity index (χ0v) is 14.3. The van der Waals surface area contributed by atoms with Crippen LogP contribution >= 0.6 is 0 Å². The largest absolute Gasteiger partial charge is 0.492 e. The van der Waals surface area contributed by atoms with Gasteiger partial charge in [-0.2, -0.15) is 0 Å². The Morgan fingerprint density at radius 1 is 0.957 bits per heavy atom. The van der Waals surface area contributed by atoms with Crippen LogP contribution in [-0.4, -0.2) is 21.6 Å². The molecule has 2 aromatic carbocycles. The summed E-state index contributed by atoms with van der Waals surface area (Å²) in [6, 6.07) is 11.9. The number of rotatable bonds is 7. The van der Waals surface area contributed by atoms with E-state index in [1.54, 1.807) is 42.5 Å². The van der Waals surface area contributed by atoms with Crippen molar-refractivity contribution in [2.75, 3.05) is 17.9 Å². The van der Waals surface area contributed by atoms with Gasteiger partial charge in [0.15, 0.2) is 0 Å². The molecular formula is C17H21NO4S. The first-order chi connectivity index (χ1) is 11.0. The molecule has 0 bridgehead atoms. The standard InChI is InChI=1S/C17H21NO4S/c1-4-21-15-9-7-6-8-14(15)18-23(19,20)17-11-10-13(3)12-16(17)22-5-2/h6-12,18H,4-5H2,1-3H3. The van der Waals surface area contributed by atoms with Crippen molar-refractivity contribution in [1.82, 2.24) is 0 Å². The molecule has 0 spiro atoms. The molecule has 2 aromatic rings. The third-order valence-electron chi connectivity index (χ3n) is 3.12. The van der Waals surface area contributed by atoms with Gasteiger partial charge in [0.25, 0.3) is 10.0 Å². The average molecular weight is 335 g/mol. The van der Waals surface area contributed by atoms with E-state index in [1.807, 2.05) is 20.8 Å². The van der Waals surface area contributed by atoms with Crippen LogP contribution in [0.5, 0.6) is 11.5 Å². The number of hydrogen-bond acceptors (Lipinski definition) is 4. The summed E-state index contributed by atoms with van der Waals surface area (Å²) in [4.78, 5) is 0.108. The normalized spacial score (nSPS) is 11.1. The fraction of sp³-hybridized carbons (Fsp3) is 0.294. The van der Waals surface area contributed by atoms with Gasteiger partial charge < -0.3 is 9.47 Å². The Labute approximate surface area is 137 Å². The molecule has 0 heterocycles. The molecule has 0 fully saturated rings. The number of para-hydroxylation sites is 2. The summed E-state index contributed by atoms with van der Waals surface area (Å²) in [7, 11) is -3.78. The summed E-state index contributed by atoms with van der Waals surface area (Å²) in [5, 5.41) is 0. The summed E-state index contributed by atoms with van der Waals surface area (Å²) in [5.41, 5.74) is 1.33. The monoisotopic (exact) mass is 335 g/mol. The first-order valence-corrected chi connectivity index (χ1v) is 8.94. The molecule has 124 valence electrons. The Kier molecular flexibility index (Phi) is 5.50. The Morgan fingerprint density at radius 3 is 2.30 bits per heavy atom. The molecule has 23 heavy (non-hydrogen) atoms. The number of hydrogen-bond donors (Lipinski definition) is 1. The maximum absolute atomic E-state index is 12.7. The molecule has 0 aliphatic rings. The second-order valence-corrected chi connectivity index (χ2v) is 6.57. The van der Waals surface area contributed by atoms with Crippen molar-refractivity contribution in [2.45, 2.75) is 25.7 Å². The molecule has 0 radical (unpaired) electrons. The van der Waals surface area contributed by atoms with Crippen molar-refractivity contribution in [3.63, 3.8) is 0 Å². The van der Waals surface area contributed by atoms with Crippen LogP contribution in [0.15, 0.2) is 47.4 Å². The smallest absolute Gasteiger partial charge is 0.265 e. The maximum Gasteiger partial charge on any atom is 0.265 e. The van der Waals surface area contributed by atoms with Crippen LogP contribution in [-0.2, 0) is 10.0 Å². The van der Waals surface area contributed by atoms with Crippen LogP contribution in [0.4, 0.5) is 5.69 Å². The number of sulfonamides is 1. The molecule has 0 saturated heterocycles. The quantitative estimate of drug-likeness (QED) is 0.840. The zero-order valence-electron chi connectivity index (χ0n) is 13.5. The van der Waals surface area contributed by atoms with Crippen LogP contribution in [0, 0.1) is 6.92 Å². The van der Waals surface area contributed by atoms with Gasteiger partial charge in [0.05, 0.1) is 18.9 Å². The Hall–Kier alpha value is -2.21. The minimum Gasteiger partial charge on any atom is -0.492 e. The predicted molar refractivity (Wildman–Crippen MR) is 90.8 cm³/mol. The Bertz CT molecular complexity index is 772. The SMILES string of the molecule is CCOc1ccccc1NS(=O)(=O)c1ccc(C)cc1OCC. The van der Waals surface area contributed by atoms with Crippen LogP contribution < -0.4 is 14.2 Å². The first-order valence-electron chi connectivity index (χ1n) is 7.46. The van der Waals surface area contributed by atoms with Gasteiger partial charge in [-0.3, -0.25) is 4.72 Å². The van der Waals surface area contributed by atoms with Crippen LogP contribution in [0.3, 0.4) is 0 Å². The fourth-order valence-electron chi connectivity index (χ4n) is 2.14. The topological polar surface area (TPSA) is 64.6 Å². The van der Waals surface area contributed by atoms with E-state index in [2.05, 4.69) is 4.72 Å². The number of ether oxygens (including phenoxy) is 2. The van der Waals surface area contributed by atoms with Gasteiger partial charge in [0, 0.05) is 0 Å². The molecule has 0 atom stereocenters. The van der Waals surface area contributed by atoms with E-state index < -0.39 is 10.0 Å². The van der Waals surface area contributed by atoms with E-state index in [1.165, 1.54) is 0 Å². The minimum absolute atomic E-state index is 0.108. The molecule has 0 unspecified atom stereocenters. The van der Waals surface area contributed by atoms with Gasteiger partial charge in [-0.15, -0.1) is 0 Å².